The Morgan fingerprint density at radius 3 is 2.39 bits per heavy atom. The minimum atomic E-state index is -0.801. The van der Waals surface area contributed by atoms with E-state index in [1.165, 1.54) is 6.07 Å². The normalized spacial score (nSPS) is 14.9. The molecule has 0 bridgehead atoms. The monoisotopic (exact) mass is 510 g/mol. The summed E-state index contributed by atoms with van der Waals surface area (Å²) < 4.78 is 6.46. The first-order valence-corrected chi connectivity index (χ1v) is 12.0. The van der Waals surface area contributed by atoms with Crippen LogP contribution in [0.2, 0.25) is 5.02 Å². The number of likely N-dealkylation sites (N-methyl/N-ethyl adjacent to an activating group) is 1. The molecule has 1 N–H and O–H groups in total. The van der Waals surface area contributed by atoms with Crippen LogP contribution in [-0.2, 0) is 14.3 Å². The topological polar surface area (TPSA) is 101 Å². The summed E-state index contributed by atoms with van der Waals surface area (Å²) in [6, 6.07) is 14.5. The van der Waals surface area contributed by atoms with Crippen molar-refractivity contribution in [1.82, 2.24) is 14.5 Å². The summed E-state index contributed by atoms with van der Waals surface area (Å²) in [5, 5.41) is 1.09. The highest BCUT2D eigenvalue weighted by Crippen LogP contribution is 2.25. The molecule has 188 valence electrons. The van der Waals surface area contributed by atoms with E-state index >= 15 is 0 Å². The van der Waals surface area contributed by atoms with Crippen molar-refractivity contribution >= 4 is 40.3 Å². The Morgan fingerprint density at radius 1 is 1.03 bits per heavy atom. The number of aromatic nitrogens is 1. The Kier molecular flexibility index (Phi) is 7.71. The van der Waals surface area contributed by atoms with Crippen LogP contribution in [0.5, 0.6) is 0 Å². The summed E-state index contributed by atoms with van der Waals surface area (Å²) in [4.78, 5) is 54.8. The zero-order chi connectivity index (χ0) is 25.8. The molecule has 1 saturated heterocycles. The van der Waals surface area contributed by atoms with E-state index in [9.17, 15) is 19.2 Å². The van der Waals surface area contributed by atoms with E-state index in [1.807, 2.05) is 7.05 Å². The van der Waals surface area contributed by atoms with Crippen molar-refractivity contribution in [2.75, 3.05) is 45.3 Å². The van der Waals surface area contributed by atoms with Crippen LogP contribution in [0.1, 0.15) is 28.8 Å². The second-order valence-corrected chi connectivity index (χ2v) is 9.19. The van der Waals surface area contributed by atoms with Gasteiger partial charge in [-0.25, -0.2) is 4.68 Å². The number of piperazine rings is 1. The van der Waals surface area contributed by atoms with Crippen LogP contribution >= 0.6 is 11.6 Å². The molecule has 3 aromatic rings. The number of esters is 1. The molecular weight excluding hydrogens is 484 g/mol. The Hall–Kier alpha value is -3.69. The zero-order valence-electron chi connectivity index (χ0n) is 20.1. The third-order valence-electron chi connectivity index (χ3n) is 6.29. The number of benzene rings is 2. The molecule has 0 saturated carbocycles. The fourth-order valence-corrected chi connectivity index (χ4v) is 4.21. The number of hydrogen-bond acceptors (Lipinski definition) is 6. The molecule has 36 heavy (non-hydrogen) atoms. The van der Waals surface area contributed by atoms with Crippen LogP contribution < -0.4 is 11.0 Å². The van der Waals surface area contributed by atoms with Crippen LogP contribution in [0.15, 0.2) is 59.4 Å². The van der Waals surface area contributed by atoms with Crippen molar-refractivity contribution in [2.45, 2.75) is 12.8 Å². The Labute approximate surface area is 213 Å². The van der Waals surface area contributed by atoms with Gasteiger partial charge in [-0.1, -0.05) is 29.8 Å². The highest BCUT2D eigenvalue weighted by Gasteiger charge is 2.25. The molecule has 10 heteroatoms. The Balaban J connectivity index is 1.52. The van der Waals surface area contributed by atoms with Crippen molar-refractivity contribution in [3.05, 3.63) is 81.1 Å². The predicted molar refractivity (Wildman–Crippen MR) is 137 cm³/mol. The molecule has 1 fully saturated rings. The van der Waals surface area contributed by atoms with E-state index in [1.54, 1.807) is 60.4 Å². The van der Waals surface area contributed by atoms with E-state index in [4.69, 9.17) is 16.3 Å². The molecule has 9 nitrogen and oxygen atoms in total. The van der Waals surface area contributed by atoms with Gasteiger partial charge < -0.3 is 14.5 Å². The van der Waals surface area contributed by atoms with Gasteiger partial charge in [0.25, 0.3) is 17.4 Å². The molecule has 2 heterocycles. The number of nitrogens with zero attached hydrogens (tertiary/aromatic N) is 3. The number of para-hydroxylation sites is 1. The maximum absolute atomic E-state index is 13.0. The standard InChI is InChI=1S/C26H27ClN4O5/c1-17(26(35)36-16-24(33)30-13-11-29(2)12-14-30)21-15-23(32)31(22-6-4-3-5-20(21)22)28-25(34)18-7-9-19(27)10-8-18/h3-10,15,17H,11-14,16H2,1-2H3,(H,28,34). The van der Waals surface area contributed by atoms with Crippen molar-refractivity contribution in [3.63, 3.8) is 0 Å². The molecule has 0 aliphatic carbocycles. The minimum Gasteiger partial charge on any atom is -0.455 e. The number of fused-ring (bicyclic) bond motifs is 1. The number of carbonyl (C=O) groups excluding carboxylic acids is 3. The fourth-order valence-electron chi connectivity index (χ4n) is 4.08. The zero-order valence-corrected chi connectivity index (χ0v) is 20.8. The molecule has 1 atom stereocenters. The number of pyridine rings is 1. The van der Waals surface area contributed by atoms with Crippen LogP contribution in [0.3, 0.4) is 0 Å². The lowest BCUT2D eigenvalue weighted by molar-refractivity contribution is -0.153. The number of hydrogen-bond donors (Lipinski definition) is 1. The van der Waals surface area contributed by atoms with Gasteiger partial charge in [0.05, 0.1) is 11.4 Å². The summed E-state index contributed by atoms with van der Waals surface area (Å²) in [5.41, 5.74) is 3.31. The molecule has 1 aliphatic rings. The number of nitrogens with one attached hydrogen (secondary N) is 1. The Morgan fingerprint density at radius 2 is 1.69 bits per heavy atom. The average molecular weight is 511 g/mol. The van der Waals surface area contributed by atoms with Gasteiger partial charge in [0.15, 0.2) is 6.61 Å². The maximum atomic E-state index is 13.0. The summed E-state index contributed by atoms with van der Waals surface area (Å²) >= 11 is 5.89. The summed E-state index contributed by atoms with van der Waals surface area (Å²) in [5.74, 6) is -2.13. The average Bonchev–Trinajstić information content (AvgIpc) is 2.88. The molecule has 2 amide bonds. The highest BCUT2D eigenvalue weighted by molar-refractivity contribution is 6.30. The van der Waals surface area contributed by atoms with Crippen molar-refractivity contribution in [2.24, 2.45) is 0 Å². The SMILES string of the molecule is CC(C(=O)OCC(=O)N1CCN(C)CC1)c1cc(=O)n(NC(=O)c2ccc(Cl)cc2)c2ccccc12. The smallest absolute Gasteiger partial charge is 0.313 e. The van der Waals surface area contributed by atoms with Crippen molar-refractivity contribution < 1.29 is 19.1 Å². The molecule has 2 aromatic carbocycles. The van der Waals surface area contributed by atoms with E-state index < -0.39 is 23.4 Å². The quantitative estimate of drug-likeness (QED) is 0.511. The molecule has 1 aliphatic heterocycles. The van der Waals surface area contributed by atoms with Crippen LogP contribution in [0.25, 0.3) is 10.9 Å². The number of carbonyl (C=O) groups is 3. The number of amides is 2. The van der Waals surface area contributed by atoms with E-state index in [-0.39, 0.29) is 12.5 Å². The van der Waals surface area contributed by atoms with E-state index in [0.29, 0.717) is 40.1 Å². The lowest BCUT2D eigenvalue weighted by Gasteiger charge is -2.32. The van der Waals surface area contributed by atoms with E-state index in [0.717, 1.165) is 17.8 Å². The van der Waals surface area contributed by atoms with Gasteiger partial charge in [-0.15, -0.1) is 0 Å². The molecule has 4 rings (SSSR count). The summed E-state index contributed by atoms with van der Waals surface area (Å²) in [7, 11) is 1.99. The lowest BCUT2D eigenvalue weighted by atomic mass is 9.97. The van der Waals surface area contributed by atoms with Gasteiger partial charge in [-0.3, -0.25) is 24.6 Å². The van der Waals surface area contributed by atoms with Gasteiger partial charge in [0.1, 0.15) is 0 Å². The van der Waals surface area contributed by atoms with Crippen molar-refractivity contribution in [3.8, 4) is 0 Å². The van der Waals surface area contributed by atoms with Crippen LogP contribution in [0, 0.1) is 0 Å². The lowest BCUT2D eigenvalue weighted by Crippen LogP contribution is -2.48. The molecule has 0 radical (unpaired) electrons. The van der Waals surface area contributed by atoms with Gasteiger partial charge in [-0.05, 0) is 49.9 Å². The molecule has 1 aromatic heterocycles. The van der Waals surface area contributed by atoms with Crippen molar-refractivity contribution in [1.29, 1.82) is 0 Å². The highest BCUT2D eigenvalue weighted by atomic mass is 35.5. The second-order valence-electron chi connectivity index (χ2n) is 8.75. The number of ether oxygens (including phenoxy) is 1. The fraction of sp³-hybridized carbons (Fsp3) is 0.308. The van der Waals surface area contributed by atoms with Gasteiger partial charge in [0, 0.05) is 48.2 Å². The first-order chi connectivity index (χ1) is 17.2. The van der Waals surface area contributed by atoms with Gasteiger partial charge in [0.2, 0.25) is 0 Å². The molecule has 0 spiro atoms. The second kappa shape index (κ2) is 10.9. The number of rotatable bonds is 6. The third-order valence-corrected chi connectivity index (χ3v) is 6.54. The van der Waals surface area contributed by atoms with Crippen LogP contribution in [-0.4, -0.2) is 72.1 Å². The summed E-state index contributed by atoms with van der Waals surface area (Å²) in [6.45, 7) is 4.00. The molecular formula is C26H27ClN4O5. The maximum Gasteiger partial charge on any atom is 0.313 e. The first kappa shape index (κ1) is 25.4. The Bertz CT molecular complexity index is 1350. The minimum absolute atomic E-state index is 0.242. The number of halogens is 1. The van der Waals surface area contributed by atoms with Crippen LogP contribution in [0.4, 0.5) is 0 Å². The third kappa shape index (κ3) is 5.58. The predicted octanol–water partition coefficient (Wildman–Crippen LogP) is 2.46. The van der Waals surface area contributed by atoms with E-state index in [2.05, 4.69) is 10.3 Å². The molecule has 1 unspecified atom stereocenters. The largest absolute Gasteiger partial charge is 0.455 e. The van der Waals surface area contributed by atoms with Gasteiger partial charge in [-0.2, -0.15) is 0 Å². The summed E-state index contributed by atoms with van der Waals surface area (Å²) in [6.07, 6.45) is 0. The first-order valence-electron chi connectivity index (χ1n) is 11.6. The van der Waals surface area contributed by atoms with Gasteiger partial charge >= 0.3 is 5.97 Å².